The monoisotopic (exact) mass is 236 g/mol. The average Bonchev–Trinajstić information content (AvgIpc) is 2.28. The number of nitrogen functional groups attached to an aromatic ring is 1. The number of aliphatic hydroxyl groups is 1. The van der Waals surface area contributed by atoms with Crippen molar-refractivity contribution >= 4 is 11.6 Å². The van der Waals surface area contributed by atoms with Crippen molar-refractivity contribution in [2.45, 2.75) is 38.6 Å². The molecule has 2 rings (SSSR count). The van der Waals surface area contributed by atoms with Gasteiger partial charge in [-0.1, -0.05) is 12.8 Å². The van der Waals surface area contributed by atoms with Gasteiger partial charge < -0.3 is 16.2 Å². The number of hydrogen-bond donors (Lipinski definition) is 3. The number of aliphatic hydroxyl groups excluding tert-OH is 1. The van der Waals surface area contributed by atoms with Crippen molar-refractivity contribution in [3.63, 3.8) is 0 Å². The Balaban J connectivity index is 2.08. The van der Waals surface area contributed by atoms with Gasteiger partial charge >= 0.3 is 0 Å². The van der Waals surface area contributed by atoms with Crippen LogP contribution in [0.3, 0.4) is 0 Å². The maximum absolute atomic E-state index is 9.35. The lowest BCUT2D eigenvalue weighted by atomic mass is 9.85. The molecule has 1 fully saturated rings. The highest BCUT2D eigenvalue weighted by Crippen LogP contribution is 2.26. The molecule has 1 aliphatic carbocycles. The topological polar surface area (TPSA) is 84.1 Å². The van der Waals surface area contributed by atoms with E-state index in [1.807, 2.05) is 6.92 Å². The van der Waals surface area contributed by atoms with Crippen LogP contribution < -0.4 is 11.1 Å². The summed E-state index contributed by atoms with van der Waals surface area (Å²) in [6, 6.07) is 2.04. The minimum absolute atomic E-state index is 0.233. The van der Waals surface area contributed by atoms with Crippen LogP contribution >= 0.6 is 0 Å². The fourth-order valence-corrected chi connectivity index (χ4v) is 2.47. The van der Waals surface area contributed by atoms with Crippen molar-refractivity contribution in [2.24, 2.45) is 5.92 Å². The minimum Gasteiger partial charge on any atom is -0.396 e. The molecule has 1 aromatic heterocycles. The zero-order chi connectivity index (χ0) is 12.3. The van der Waals surface area contributed by atoms with Crippen LogP contribution in [0.2, 0.25) is 0 Å². The van der Waals surface area contributed by atoms with Gasteiger partial charge in [-0.25, -0.2) is 9.97 Å². The van der Waals surface area contributed by atoms with Crippen molar-refractivity contribution in [1.82, 2.24) is 9.97 Å². The number of hydrogen-bond acceptors (Lipinski definition) is 5. The third-order valence-electron chi connectivity index (χ3n) is 3.33. The molecule has 5 nitrogen and oxygen atoms in total. The number of anilines is 2. The van der Waals surface area contributed by atoms with Crippen LogP contribution in [0, 0.1) is 12.8 Å². The van der Waals surface area contributed by atoms with Crippen LogP contribution in [0.4, 0.5) is 11.6 Å². The van der Waals surface area contributed by atoms with Crippen molar-refractivity contribution < 1.29 is 5.11 Å². The Morgan fingerprint density at radius 1 is 1.41 bits per heavy atom. The smallest absolute Gasteiger partial charge is 0.132 e. The van der Waals surface area contributed by atoms with Gasteiger partial charge in [0.1, 0.15) is 17.5 Å². The Bertz CT molecular complexity index is 363. The van der Waals surface area contributed by atoms with E-state index in [1.54, 1.807) is 6.07 Å². The number of nitrogens with two attached hydrogens (primary N) is 1. The van der Waals surface area contributed by atoms with Crippen molar-refractivity contribution in [1.29, 1.82) is 0 Å². The highest BCUT2D eigenvalue weighted by atomic mass is 16.3. The molecular formula is C12H20N4O. The fourth-order valence-electron chi connectivity index (χ4n) is 2.47. The molecule has 1 heterocycles. The Morgan fingerprint density at radius 3 is 2.88 bits per heavy atom. The van der Waals surface area contributed by atoms with Gasteiger partial charge in [-0.15, -0.1) is 0 Å². The van der Waals surface area contributed by atoms with E-state index in [0.717, 1.165) is 18.7 Å². The first-order valence-corrected chi connectivity index (χ1v) is 6.17. The summed E-state index contributed by atoms with van der Waals surface area (Å²) in [4.78, 5) is 8.36. The summed E-state index contributed by atoms with van der Waals surface area (Å²) < 4.78 is 0. The van der Waals surface area contributed by atoms with E-state index in [2.05, 4.69) is 15.3 Å². The van der Waals surface area contributed by atoms with Gasteiger partial charge in [-0.05, 0) is 19.8 Å². The van der Waals surface area contributed by atoms with Crippen LogP contribution in [0.5, 0.6) is 0 Å². The van der Waals surface area contributed by atoms with Gasteiger partial charge in [0.15, 0.2) is 0 Å². The van der Waals surface area contributed by atoms with Gasteiger partial charge in [-0.3, -0.25) is 0 Å². The normalized spacial score (nSPS) is 24.6. The Labute approximate surface area is 101 Å². The molecule has 0 bridgehead atoms. The van der Waals surface area contributed by atoms with Crippen molar-refractivity contribution in [3.05, 3.63) is 11.9 Å². The van der Waals surface area contributed by atoms with Crippen molar-refractivity contribution in [3.8, 4) is 0 Å². The number of aryl methyl sites for hydroxylation is 1. The zero-order valence-electron chi connectivity index (χ0n) is 10.2. The lowest BCUT2D eigenvalue weighted by Crippen LogP contribution is -2.34. The van der Waals surface area contributed by atoms with Crippen LogP contribution in [0.25, 0.3) is 0 Å². The lowest BCUT2D eigenvalue weighted by molar-refractivity contribution is 0.178. The van der Waals surface area contributed by atoms with Gasteiger partial charge in [0.2, 0.25) is 0 Å². The summed E-state index contributed by atoms with van der Waals surface area (Å²) in [5, 5.41) is 12.7. The molecule has 0 amide bonds. The summed E-state index contributed by atoms with van der Waals surface area (Å²) in [6.07, 6.45) is 4.56. The van der Waals surface area contributed by atoms with E-state index in [4.69, 9.17) is 5.73 Å². The molecule has 94 valence electrons. The Kier molecular flexibility index (Phi) is 3.78. The largest absolute Gasteiger partial charge is 0.396 e. The SMILES string of the molecule is Cc1nc(N)cc(NC2CCCCC2CO)n1. The van der Waals surface area contributed by atoms with Crippen molar-refractivity contribution in [2.75, 3.05) is 17.7 Å². The Hall–Kier alpha value is -1.36. The molecule has 1 aliphatic rings. The van der Waals surface area contributed by atoms with Crippen LogP contribution in [-0.2, 0) is 0 Å². The van der Waals surface area contributed by atoms with Gasteiger partial charge in [0, 0.05) is 24.6 Å². The molecule has 2 unspecified atom stereocenters. The second-order valence-electron chi connectivity index (χ2n) is 4.70. The molecule has 0 spiro atoms. The molecule has 0 aliphatic heterocycles. The summed E-state index contributed by atoms with van der Waals surface area (Å²) in [7, 11) is 0. The number of nitrogens with zero attached hydrogens (tertiary/aromatic N) is 2. The first kappa shape index (κ1) is 12.1. The fraction of sp³-hybridized carbons (Fsp3) is 0.667. The molecule has 0 radical (unpaired) electrons. The molecule has 4 N–H and O–H groups in total. The Morgan fingerprint density at radius 2 is 2.18 bits per heavy atom. The predicted octanol–water partition coefficient (Wildman–Crippen LogP) is 1.33. The second kappa shape index (κ2) is 5.31. The predicted molar refractivity (Wildman–Crippen MR) is 67.6 cm³/mol. The highest BCUT2D eigenvalue weighted by molar-refractivity contribution is 5.45. The molecule has 1 aromatic rings. The third-order valence-corrected chi connectivity index (χ3v) is 3.33. The van der Waals surface area contributed by atoms with Crippen LogP contribution in [-0.4, -0.2) is 27.7 Å². The van der Waals surface area contributed by atoms with Crippen LogP contribution in [0.1, 0.15) is 31.5 Å². The highest BCUT2D eigenvalue weighted by Gasteiger charge is 2.24. The van der Waals surface area contributed by atoms with Crippen LogP contribution in [0.15, 0.2) is 6.07 Å². The summed E-state index contributed by atoms with van der Waals surface area (Å²) in [6.45, 7) is 2.06. The number of nitrogens with one attached hydrogen (secondary N) is 1. The van der Waals surface area contributed by atoms with E-state index in [9.17, 15) is 5.11 Å². The zero-order valence-corrected chi connectivity index (χ0v) is 10.2. The molecule has 2 atom stereocenters. The van der Waals surface area contributed by atoms with E-state index in [-0.39, 0.29) is 6.61 Å². The lowest BCUT2D eigenvalue weighted by Gasteiger charge is -2.31. The van der Waals surface area contributed by atoms with Gasteiger partial charge in [-0.2, -0.15) is 0 Å². The molecule has 1 saturated carbocycles. The maximum Gasteiger partial charge on any atom is 0.132 e. The average molecular weight is 236 g/mol. The number of rotatable bonds is 3. The first-order chi connectivity index (χ1) is 8.19. The third kappa shape index (κ3) is 3.06. The summed E-state index contributed by atoms with van der Waals surface area (Å²) in [5.41, 5.74) is 5.69. The summed E-state index contributed by atoms with van der Waals surface area (Å²) in [5.74, 6) is 2.24. The van der Waals surface area contributed by atoms with Gasteiger partial charge in [0.25, 0.3) is 0 Å². The molecular weight excluding hydrogens is 216 g/mol. The van der Waals surface area contributed by atoms with E-state index in [1.165, 1.54) is 12.8 Å². The molecule has 0 aromatic carbocycles. The van der Waals surface area contributed by atoms with E-state index < -0.39 is 0 Å². The quantitative estimate of drug-likeness (QED) is 0.737. The number of aromatic nitrogens is 2. The van der Waals surface area contributed by atoms with E-state index >= 15 is 0 Å². The second-order valence-corrected chi connectivity index (χ2v) is 4.70. The molecule has 17 heavy (non-hydrogen) atoms. The maximum atomic E-state index is 9.35. The first-order valence-electron chi connectivity index (χ1n) is 6.17. The standard InChI is InChI=1S/C12H20N4O/c1-8-14-11(13)6-12(15-8)16-10-5-3-2-4-9(10)7-17/h6,9-10,17H,2-5,7H2,1H3,(H3,13,14,15,16). The molecule has 0 saturated heterocycles. The summed E-state index contributed by atoms with van der Waals surface area (Å²) >= 11 is 0. The van der Waals surface area contributed by atoms with E-state index in [0.29, 0.717) is 23.6 Å². The molecule has 5 heteroatoms. The minimum atomic E-state index is 0.233. The van der Waals surface area contributed by atoms with Gasteiger partial charge in [0.05, 0.1) is 0 Å².